The minimum Gasteiger partial charge on any atom is -0.504 e. The van der Waals surface area contributed by atoms with E-state index in [0.29, 0.717) is 12.4 Å². The molecule has 0 fully saturated rings. The Bertz CT molecular complexity index is 1090. The van der Waals surface area contributed by atoms with Gasteiger partial charge in [0.25, 0.3) is 0 Å². The number of aromatic hydroxyl groups is 1. The molecule has 1 aromatic carbocycles. The maximum absolute atomic E-state index is 10.3. The molecule has 1 aliphatic rings. The van der Waals surface area contributed by atoms with Crippen LogP contribution in [0.3, 0.4) is 0 Å². The van der Waals surface area contributed by atoms with E-state index in [1.807, 2.05) is 0 Å². The Labute approximate surface area is 190 Å². The lowest BCUT2D eigenvalue weighted by atomic mass is 9.98. The third-order valence-electron chi connectivity index (χ3n) is 6.10. The standard InChI is InChI=1S/C25H32N6O/c1-5-12-30(6-2)22-10-9-19(13-17(22)3)29-24-20-14-18(4)31(15-21(20)27-16-28-24)25-23(32)8-7-11-26-25/h7-11,13,16,18,32H,5-6,12,14-15H2,1-4H3,(H,27,28,29). The summed E-state index contributed by atoms with van der Waals surface area (Å²) in [6.07, 6.45) is 5.21. The highest BCUT2D eigenvalue weighted by Crippen LogP contribution is 2.34. The number of aryl methyl sites for hydroxylation is 1. The molecule has 0 bridgehead atoms. The van der Waals surface area contributed by atoms with Crippen molar-refractivity contribution in [2.24, 2.45) is 0 Å². The summed E-state index contributed by atoms with van der Waals surface area (Å²) < 4.78 is 0. The van der Waals surface area contributed by atoms with Crippen molar-refractivity contribution in [1.29, 1.82) is 0 Å². The fourth-order valence-corrected chi connectivity index (χ4v) is 4.47. The number of hydrogen-bond acceptors (Lipinski definition) is 7. The van der Waals surface area contributed by atoms with E-state index in [4.69, 9.17) is 0 Å². The van der Waals surface area contributed by atoms with Gasteiger partial charge in [-0.25, -0.2) is 15.0 Å². The summed E-state index contributed by atoms with van der Waals surface area (Å²) in [5, 5.41) is 13.8. The number of hydrogen-bond donors (Lipinski definition) is 2. The largest absolute Gasteiger partial charge is 0.504 e. The van der Waals surface area contributed by atoms with Crippen molar-refractivity contribution in [3.63, 3.8) is 0 Å². The summed E-state index contributed by atoms with van der Waals surface area (Å²) in [6, 6.07) is 10.1. The third-order valence-corrected chi connectivity index (χ3v) is 6.10. The molecule has 1 aliphatic heterocycles. The summed E-state index contributed by atoms with van der Waals surface area (Å²) >= 11 is 0. The molecule has 3 aromatic rings. The maximum atomic E-state index is 10.3. The lowest BCUT2D eigenvalue weighted by Gasteiger charge is -2.35. The first-order valence-corrected chi connectivity index (χ1v) is 11.4. The van der Waals surface area contributed by atoms with Crippen molar-refractivity contribution < 1.29 is 5.11 Å². The van der Waals surface area contributed by atoms with Crippen LogP contribution in [0.2, 0.25) is 0 Å². The van der Waals surface area contributed by atoms with Gasteiger partial charge in [-0.05, 0) is 69.5 Å². The number of nitrogens with one attached hydrogen (secondary N) is 1. The van der Waals surface area contributed by atoms with Crippen molar-refractivity contribution >= 4 is 23.0 Å². The normalized spacial score (nSPS) is 15.4. The van der Waals surface area contributed by atoms with Crippen LogP contribution in [0, 0.1) is 6.92 Å². The van der Waals surface area contributed by atoms with Gasteiger partial charge in [-0.15, -0.1) is 0 Å². The van der Waals surface area contributed by atoms with Gasteiger partial charge in [-0.3, -0.25) is 0 Å². The first-order valence-electron chi connectivity index (χ1n) is 11.4. The molecule has 0 spiro atoms. The van der Waals surface area contributed by atoms with Gasteiger partial charge in [0.15, 0.2) is 11.6 Å². The quantitative estimate of drug-likeness (QED) is 0.554. The van der Waals surface area contributed by atoms with Crippen LogP contribution < -0.4 is 15.1 Å². The zero-order valence-corrected chi connectivity index (χ0v) is 19.3. The second-order valence-electron chi connectivity index (χ2n) is 8.38. The number of aromatic nitrogens is 3. The fourth-order valence-electron chi connectivity index (χ4n) is 4.47. The van der Waals surface area contributed by atoms with Crippen molar-refractivity contribution in [3.05, 3.63) is 59.7 Å². The third kappa shape index (κ3) is 4.33. The molecule has 0 radical (unpaired) electrons. The number of rotatable bonds is 7. The second-order valence-corrected chi connectivity index (χ2v) is 8.38. The molecule has 1 atom stereocenters. The van der Waals surface area contributed by atoms with E-state index in [1.165, 1.54) is 11.3 Å². The van der Waals surface area contributed by atoms with Gasteiger partial charge in [0.2, 0.25) is 0 Å². The zero-order chi connectivity index (χ0) is 22.7. The summed E-state index contributed by atoms with van der Waals surface area (Å²) in [6.45, 7) is 11.4. The smallest absolute Gasteiger partial charge is 0.171 e. The lowest BCUT2D eigenvalue weighted by Crippen LogP contribution is -2.39. The Morgan fingerprint density at radius 1 is 1.19 bits per heavy atom. The van der Waals surface area contributed by atoms with E-state index < -0.39 is 0 Å². The summed E-state index contributed by atoms with van der Waals surface area (Å²) in [5.41, 5.74) is 5.63. The van der Waals surface area contributed by atoms with E-state index in [1.54, 1.807) is 24.7 Å². The van der Waals surface area contributed by atoms with Crippen LogP contribution in [0.1, 0.15) is 44.0 Å². The van der Waals surface area contributed by atoms with E-state index in [9.17, 15) is 5.11 Å². The number of anilines is 4. The molecular weight excluding hydrogens is 400 g/mol. The average molecular weight is 433 g/mol. The molecular formula is C25H32N6O. The minimum atomic E-state index is 0.158. The summed E-state index contributed by atoms with van der Waals surface area (Å²) in [5.74, 6) is 1.63. The van der Waals surface area contributed by atoms with Crippen molar-refractivity contribution in [3.8, 4) is 5.75 Å². The first kappa shape index (κ1) is 21.9. The Morgan fingerprint density at radius 3 is 2.75 bits per heavy atom. The molecule has 0 aliphatic carbocycles. The Hall–Kier alpha value is -3.35. The minimum absolute atomic E-state index is 0.158. The van der Waals surface area contributed by atoms with Crippen LogP contribution in [0.4, 0.5) is 23.0 Å². The van der Waals surface area contributed by atoms with E-state index in [0.717, 1.165) is 48.7 Å². The predicted octanol–water partition coefficient (Wildman–Crippen LogP) is 4.82. The highest BCUT2D eigenvalue weighted by atomic mass is 16.3. The molecule has 1 unspecified atom stereocenters. The van der Waals surface area contributed by atoms with Gasteiger partial charge in [-0.1, -0.05) is 6.92 Å². The SMILES string of the molecule is CCCN(CC)c1ccc(Nc2ncnc3c2CC(C)N(c2ncccc2O)C3)cc1C. The average Bonchev–Trinajstić information content (AvgIpc) is 2.78. The lowest BCUT2D eigenvalue weighted by molar-refractivity contribution is 0.463. The van der Waals surface area contributed by atoms with Crippen LogP contribution in [0.25, 0.3) is 0 Å². The van der Waals surface area contributed by atoms with Crippen LogP contribution in [-0.2, 0) is 13.0 Å². The topological polar surface area (TPSA) is 77.4 Å². The molecule has 0 saturated heterocycles. The molecule has 2 N–H and O–H groups in total. The zero-order valence-electron chi connectivity index (χ0n) is 19.3. The monoisotopic (exact) mass is 432 g/mol. The molecule has 0 saturated carbocycles. The number of pyridine rings is 1. The summed E-state index contributed by atoms with van der Waals surface area (Å²) in [4.78, 5) is 18.0. The number of nitrogens with zero attached hydrogens (tertiary/aromatic N) is 5. The highest BCUT2D eigenvalue weighted by molar-refractivity contribution is 5.67. The van der Waals surface area contributed by atoms with Crippen LogP contribution in [0.15, 0.2) is 42.9 Å². The molecule has 32 heavy (non-hydrogen) atoms. The molecule has 168 valence electrons. The van der Waals surface area contributed by atoms with Crippen molar-refractivity contribution in [2.75, 3.05) is 28.2 Å². The van der Waals surface area contributed by atoms with Crippen molar-refractivity contribution in [2.45, 2.75) is 53.1 Å². The van der Waals surface area contributed by atoms with Gasteiger partial charge in [0.05, 0.1) is 12.2 Å². The van der Waals surface area contributed by atoms with Gasteiger partial charge in [0, 0.05) is 42.3 Å². The molecule has 7 heteroatoms. The van der Waals surface area contributed by atoms with Gasteiger partial charge < -0.3 is 20.2 Å². The number of benzene rings is 1. The predicted molar refractivity (Wildman–Crippen MR) is 130 cm³/mol. The molecule has 7 nitrogen and oxygen atoms in total. The molecule has 0 amide bonds. The Balaban J connectivity index is 1.58. The highest BCUT2D eigenvalue weighted by Gasteiger charge is 2.28. The van der Waals surface area contributed by atoms with E-state index in [2.05, 4.69) is 76.0 Å². The molecule has 3 heterocycles. The molecule has 4 rings (SSSR count). The molecule has 2 aromatic heterocycles. The number of fused-ring (bicyclic) bond motifs is 1. The Morgan fingerprint density at radius 2 is 2.03 bits per heavy atom. The van der Waals surface area contributed by atoms with Crippen molar-refractivity contribution in [1.82, 2.24) is 15.0 Å². The Kier molecular flexibility index (Phi) is 6.44. The second kappa shape index (κ2) is 9.42. The van der Waals surface area contributed by atoms with Crippen LogP contribution in [-0.4, -0.2) is 39.2 Å². The maximum Gasteiger partial charge on any atom is 0.171 e. The summed E-state index contributed by atoms with van der Waals surface area (Å²) in [7, 11) is 0. The van der Waals surface area contributed by atoms with Crippen LogP contribution in [0.5, 0.6) is 5.75 Å². The van der Waals surface area contributed by atoms with Gasteiger partial charge in [-0.2, -0.15) is 0 Å². The first-order chi connectivity index (χ1) is 15.5. The van der Waals surface area contributed by atoms with E-state index >= 15 is 0 Å². The van der Waals surface area contributed by atoms with Gasteiger partial charge in [0.1, 0.15) is 12.1 Å². The van der Waals surface area contributed by atoms with Gasteiger partial charge >= 0.3 is 0 Å². The fraction of sp³-hybridized carbons (Fsp3) is 0.400. The van der Waals surface area contributed by atoms with E-state index in [-0.39, 0.29) is 11.8 Å². The van der Waals surface area contributed by atoms with Crippen LogP contribution >= 0.6 is 0 Å².